The van der Waals surface area contributed by atoms with Gasteiger partial charge in [-0.2, -0.15) is 9.36 Å². The maximum atomic E-state index is 13.7. The molecule has 2 aliphatic rings. The van der Waals surface area contributed by atoms with Gasteiger partial charge < -0.3 is 25.7 Å². The molecular weight excluding hydrogens is 727 g/mol. The van der Waals surface area contributed by atoms with Crippen molar-refractivity contribution in [1.82, 2.24) is 24.6 Å². The first-order valence-electron chi connectivity index (χ1n) is 15.7. The van der Waals surface area contributed by atoms with E-state index in [2.05, 4.69) is 24.8 Å². The maximum absolute atomic E-state index is 13.7. The zero-order valence-corrected chi connectivity index (χ0v) is 30.1. The lowest BCUT2D eigenvalue weighted by molar-refractivity contribution is -0.172. The van der Waals surface area contributed by atoms with Crippen molar-refractivity contribution in [3.05, 3.63) is 125 Å². The fourth-order valence-corrected chi connectivity index (χ4v) is 7.56. The number of hydrogen-bond donors (Lipinski definition) is 3. The quantitative estimate of drug-likeness (QED) is 0.0571. The number of esters is 1. The number of β-lactam (4-membered cyclic amide) rings is 1. The SMILES string of the molecule is CC(C)(ON=C(C(=O)NC1C(=O)N2C(C(=O)O)=C(C=CSc3cccnc3)CS[C@@H]12)c1nsc(N)n1)C(=O)OC(c1ccccc1)c1ccccc1. The summed E-state index contributed by atoms with van der Waals surface area (Å²) in [5, 5.41) is 17.7. The fourth-order valence-electron chi connectivity index (χ4n) is 5.14. The third kappa shape index (κ3) is 8.01. The number of pyridine rings is 1. The molecule has 4 N–H and O–H groups in total. The number of nitrogen functional groups attached to an aromatic ring is 1. The summed E-state index contributed by atoms with van der Waals surface area (Å²) < 4.78 is 10.0. The van der Waals surface area contributed by atoms with Gasteiger partial charge in [-0.25, -0.2) is 9.59 Å². The third-order valence-corrected chi connectivity index (χ3v) is 10.4. The summed E-state index contributed by atoms with van der Waals surface area (Å²) in [6.45, 7) is 2.86. The molecule has 17 heteroatoms. The van der Waals surface area contributed by atoms with E-state index >= 15 is 0 Å². The van der Waals surface area contributed by atoms with Crippen molar-refractivity contribution >= 4 is 69.7 Å². The van der Waals surface area contributed by atoms with Crippen LogP contribution in [0, 0.1) is 0 Å². The highest BCUT2D eigenvalue weighted by atomic mass is 32.2. The van der Waals surface area contributed by atoms with E-state index in [9.17, 15) is 24.3 Å². The number of anilines is 1. The van der Waals surface area contributed by atoms with Crippen LogP contribution in [0.5, 0.6) is 0 Å². The molecule has 0 radical (unpaired) electrons. The Bertz CT molecular complexity index is 2020. The second-order valence-corrected chi connectivity index (χ2v) is 14.6. The number of oxime groups is 1. The van der Waals surface area contributed by atoms with Crippen molar-refractivity contribution in [2.45, 2.75) is 41.9 Å². The molecule has 1 fully saturated rings. The van der Waals surface area contributed by atoms with E-state index in [1.807, 2.05) is 66.7 Å². The van der Waals surface area contributed by atoms with Gasteiger partial charge in [0.15, 0.2) is 11.2 Å². The Balaban J connectivity index is 1.18. The molecule has 0 bridgehead atoms. The number of amides is 2. The predicted molar refractivity (Wildman–Crippen MR) is 196 cm³/mol. The van der Waals surface area contributed by atoms with Crippen LogP contribution in [-0.2, 0) is 28.8 Å². The molecule has 1 unspecified atom stereocenters. The Morgan fingerprint density at radius 3 is 2.38 bits per heavy atom. The van der Waals surface area contributed by atoms with E-state index in [0.717, 1.165) is 32.5 Å². The van der Waals surface area contributed by atoms with Gasteiger partial charge in [-0.1, -0.05) is 77.6 Å². The average molecular weight is 758 g/mol. The van der Waals surface area contributed by atoms with Gasteiger partial charge in [0.1, 0.15) is 17.1 Å². The Hall–Kier alpha value is -5.52. The minimum Gasteiger partial charge on any atom is -0.477 e. The number of carbonyl (C=O) groups is 4. The van der Waals surface area contributed by atoms with E-state index in [1.165, 1.54) is 37.4 Å². The van der Waals surface area contributed by atoms with Crippen LogP contribution in [-0.4, -0.2) is 76.6 Å². The first kappa shape index (κ1) is 36.3. The third-order valence-electron chi connectivity index (χ3n) is 7.75. The van der Waals surface area contributed by atoms with Crippen LogP contribution in [0.4, 0.5) is 5.13 Å². The Morgan fingerprint density at radius 1 is 1.10 bits per heavy atom. The number of aliphatic carboxylic acids is 1. The van der Waals surface area contributed by atoms with Gasteiger partial charge in [-0.15, -0.1) is 11.8 Å². The van der Waals surface area contributed by atoms with E-state index in [0.29, 0.717) is 5.57 Å². The second kappa shape index (κ2) is 15.8. The monoisotopic (exact) mass is 757 g/mol. The number of nitrogens with two attached hydrogens (primary N) is 1. The molecular formula is C35H31N7O7S3. The van der Waals surface area contributed by atoms with Gasteiger partial charge >= 0.3 is 11.9 Å². The van der Waals surface area contributed by atoms with Gasteiger partial charge in [0, 0.05) is 34.6 Å². The number of rotatable bonds is 13. The van der Waals surface area contributed by atoms with Gasteiger partial charge in [-0.3, -0.25) is 19.5 Å². The first-order chi connectivity index (χ1) is 25.0. The van der Waals surface area contributed by atoms with Gasteiger partial charge in [0.05, 0.1) is 0 Å². The lowest BCUT2D eigenvalue weighted by Crippen LogP contribution is -2.71. The molecule has 1 saturated heterocycles. The summed E-state index contributed by atoms with van der Waals surface area (Å²) in [7, 11) is 0. The number of carboxylic acids is 1. The number of fused-ring (bicyclic) bond motifs is 1. The molecule has 2 atom stereocenters. The van der Waals surface area contributed by atoms with E-state index in [4.69, 9.17) is 15.3 Å². The summed E-state index contributed by atoms with van der Waals surface area (Å²) in [6.07, 6.45) is 4.22. The van der Waals surface area contributed by atoms with Gasteiger partial charge in [-0.05, 0) is 54.2 Å². The maximum Gasteiger partial charge on any atom is 0.353 e. The summed E-state index contributed by atoms with van der Waals surface area (Å²) in [4.78, 5) is 68.7. The number of ether oxygens (including phenoxy) is 1. The number of hydrogen-bond acceptors (Lipinski definition) is 14. The fraction of sp³-hybridized carbons (Fsp3) is 0.200. The molecule has 4 aromatic rings. The topological polar surface area (TPSA) is 199 Å². The van der Waals surface area contributed by atoms with Gasteiger partial charge in [0.25, 0.3) is 11.8 Å². The van der Waals surface area contributed by atoms with Crippen molar-refractivity contribution < 1.29 is 33.9 Å². The molecule has 4 heterocycles. The highest BCUT2D eigenvalue weighted by molar-refractivity contribution is 8.02. The Morgan fingerprint density at radius 2 is 1.79 bits per heavy atom. The number of carboxylic acid groups (broad SMARTS) is 1. The molecule has 0 aliphatic carbocycles. The largest absolute Gasteiger partial charge is 0.477 e. The minimum atomic E-state index is -1.71. The van der Waals surface area contributed by atoms with Crippen LogP contribution < -0.4 is 11.1 Å². The zero-order chi connectivity index (χ0) is 36.8. The van der Waals surface area contributed by atoms with E-state index in [1.54, 1.807) is 29.9 Å². The van der Waals surface area contributed by atoms with Crippen molar-refractivity contribution in [3.8, 4) is 0 Å². The minimum absolute atomic E-state index is 0.0370. The van der Waals surface area contributed by atoms with Crippen LogP contribution in [0.1, 0.15) is 36.9 Å². The molecule has 52 heavy (non-hydrogen) atoms. The number of nitrogens with one attached hydrogen (secondary N) is 1. The number of allylic oxidation sites excluding steroid dienone is 1. The lowest BCUT2D eigenvalue weighted by Gasteiger charge is -2.49. The molecule has 0 spiro atoms. The second-order valence-electron chi connectivity index (χ2n) is 11.8. The molecule has 2 amide bonds. The van der Waals surface area contributed by atoms with Crippen LogP contribution >= 0.6 is 35.1 Å². The molecule has 0 saturated carbocycles. The summed E-state index contributed by atoms with van der Waals surface area (Å²) in [5.41, 5.74) is 5.37. The first-order valence-corrected chi connectivity index (χ1v) is 18.4. The number of carbonyl (C=O) groups excluding carboxylic acids is 3. The Kier molecular flexibility index (Phi) is 11.0. The lowest BCUT2D eigenvalue weighted by atomic mass is 10.0. The number of thioether (sulfide) groups is 2. The van der Waals surface area contributed by atoms with Crippen LogP contribution in [0.25, 0.3) is 0 Å². The zero-order valence-electron chi connectivity index (χ0n) is 27.6. The normalized spacial score (nSPS) is 17.5. The van der Waals surface area contributed by atoms with Crippen molar-refractivity contribution in [2.75, 3.05) is 11.5 Å². The van der Waals surface area contributed by atoms with Crippen LogP contribution in [0.3, 0.4) is 0 Å². The summed E-state index contributed by atoms with van der Waals surface area (Å²) in [5.74, 6) is -3.50. The molecule has 2 aromatic carbocycles. The number of benzene rings is 2. The number of nitrogens with zero attached hydrogens (tertiary/aromatic N) is 5. The summed E-state index contributed by atoms with van der Waals surface area (Å²) >= 11 is 3.45. The molecule has 2 aliphatic heterocycles. The molecule has 14 nitrogen and oxygen atoms in total. The van der Waals surface area contributed by atoms with Gasteiger partial charge in [0.2, 0.25) is 17.1 Å². The van der Waals surface area contributed by atoms with E-state index in [-0.39, 0.29) is 22.4 Å². The van der Waals surface area contributed by atoms with Crippen molar-refractivity contribution in [1.29, 1.82) is 0 Å². The smallest absolute Gasteiger partial charge is 0.353 e. The standard InChI is InChI=1S/C35H31N7O7S3/c1-35(2,33(47)48-27(20-10-5-3-6-11-20)21-12-7-4-8-13-21)49-40-24(28-39-34(36)52-41-28)29(43)38-25-30(44)42-26(32(45)46)22(19-51-31(25)42)15-17-50-23-14-9-16-37-18-23/h3-18,25,27,31H,19H2,1-2H3,(H,38,43)(H,45,46)(H2,36,39,41)/t25?,31-/m0/s1. The van der Waals surface area contributed by atoms with Crippen molar-refractivity contribution in [3.63, 3.8) is 0 Å². The number of aromatic nitrogens is 3. The highest BCUT2D eigenvalue weighted by Crippen LogP contribution is 2.41. The van der Waals surface area contributed by atoms with Crippen LogP contribution in [0.2, 0.25) is 0 Å². The summed E-state index contributed by atoms with van der Waals surface area (Å²) in [6, 6.07) is 20.9. The van der Waals surface area contributed by atoms with E-state index < -0.39 is 52.6 Å². The molecule has 6 rings (SSSR count). The highest BCUT2D eigenvalue weighted by Gasteiger charge is 2.54. The van der Waals surface area contributed by atoms with Crippen LogP contribution in [0.15, 0.2) is 118 Å². The molecule has 2 aromatic heterocycles. The Labute approximate surface area is 310 Å². The molecule has 266 valence electrons. The van der Waals surface area contributed by atoms with Crippen molar-refractivity contribution in [2.24, 2.45) is 5.16 Å². The predicted octanol–water partition coefficient (Wildman–Crippen LogP) is 4.39. The average Bonchev–Trinajstić information content (AvgIpc) is 3.58.